The summed E-state index contributed by atoms with van der Waals surface area (Å²) in [7, 11) is 0. The predicted octanol–water partition coefficient (Wildman–Crippen LogP) is 0.502. The van der Waals surface area contributed by atoms with Crippen molar-refractivity contribution in [3.63, 3.8) is 0 Å². The predicted molar refractivity (Wildman–Crippen MR) is 100 cm³/mol. The first-order chi connectivity index (χ1) is 13.0. The number of hydrogen-bond acceptors (Lipinski definition) is 6. The number of thioether (sulfide) groups is 1. The zero-order valence-electron chi connectivity index (χ0n) is 14.7. The van der Waals surface area contributed by atoms with E-state index in [1.807, 2.05) is 0 Å². The standard InChI is InChI=1S/C18H21N3O5S/c22-7-9-27-8-6-16(24)19-13-3-1-2-11-12(13)10-21(18(11)26)14-4-5-15(23)20-17(14)25/h1-3,14,22H,4-10H2,(H,19,24)(H,20,23,25). The number of aliphatic hydroxyl groups excluding tert-OH is 1. The lowest BCUT2D eigenvalue weighted by Crippen LogP contribution is -2.52. The molecule has 2 aliphatic rings. The molecular formula is C18H21N3O5S. The number of carbonyl (C=O) groups excluding carboxylic acids is 4. The molecule has 27 heavy (non-hydrogen) atoms. The van der Waals surface area contributed by atoms with E-state index >= 15 is 0 Å². The van der Waals surface area contributed by atoms with Crippen molar-refractivity contribution < 1.29 is 24.3 Å². The van der Waals surface area contributed by atoms with Gasteiger partial charge in [0.2, 0.25) is 17.7 Å². The van der Waals surface area contributed by atoms with Gasteiger partial charge >= 0.3 is 0 Å². The molecule has 4 amide bonds. The zero-order valence-corrected chi connectivity index (χ0v) is 15.5. The third kappa shape index (κ3) is 4.30. The third-order valence-corrected chi connectivity index (χ3v) is 5.53. The third-order valence-electron chi connectivity index (χ3n) is 4.57. The number of carbonyl (C=O) groups is 4. The Morgan fingerprint density at radius 1 is 1.30 bits per heavy atom. The number of aliphatic hydroxyl groups is 1. The second kappa shape index (κ2) is 8.53. The summed E-state index contributed by atoms with van der Waals surface area (Å²) in [6.45, 7) is 0.299. The maximum atomic E-state index is 12.7. The number of imide groups is 1. The minimum atomic E-state index is -0.680. The summed E-state index contributed by atoms with van der Waals surface area (Å²) in [6, 6.07) is 4.43. The highest BCUT2D eigenvalue weighted by Crippen LogP contribution is 2.32. The first-order valence-electron chi connectivity index (χ1n) is 8.76. The summed E-state index contributed by atoms with van der Waals surface area (Å²) < 4.78 is 0. The van der Waals surface area contributed by atoms with Crippen LogP contribution in [0, 0.1) is 0 Å². The fraction of sp³-hybridized carbons (Fsp3) is 0.444. The van der Waals surface area contributed by atoms with Gasteiger partial charge in [0.05, 0.1) is 6.61 Å². The van der Waals surface area contributed by atoms with Crippen LogP contribution in [0.2, 0.25) is 0 Å². The minimum Gasteiger partial charge on any atom is -0.396 e. The lowest BCUT2D eigenvalue weighted by atomic mass is 10.0. The number of nitrogens with one attached hydrogen (secondary N) is 2. The van der Waals surface area contributed by atoms with Crippen molar-refractivity contribution >= 4 is 41.1 Å². The molecule has 1 saturated heterocycles. The van der Waals surface area contributed by atoms with Crippen molar-refractivity contribution in [3.8, 4) is 0 Å². The van der Waals surface area contributed by atoms with Crippen LogP contribution in [-0.4, -0.2) is 57.8 Å². The van der Waals surface area contributed by atoms with Gasteiger partial charge in [0.25, 0.3) is 5.91 Å². The molecule has 1 fully saturated rings. The molecule has 0 aromatic heterocycles. The van der Waals surface area contributed by atoms with Gasteiger partial charge in [-0.1, -0.05) is 6.07 Å². The van der Waals surface area contributed by atoms with Crippen LogP contribution in [0.25, 0.3) is 0 Å². The summed E-state index contributed by atoms with van der Waals surface area (Å²) in [5, 5.41) is 13.9. The van der Waals surface area contributed by atoms with E-state index in [9.17, 15) is 19.2 Å². The normalized spacial score (nSPS) is 19.1. The van der Waals surface area contributed by atoms with Crippen molar-refractivity contribution in [2.24, 2.45) is 0 Å². The van der Waals surface area contributed by atoms with Gasteiger partial charge in [0.15, 0.2) is 0 Å². The van der Waals surface area contributed by atoms with Crippen molar-refractivity contribution in [1.82, 2.24) is 10.2 Å². The van der Waals surface area contributed by atoms with Crippen LogP contribution in [0.5, 0.6) is 0 Å². The van der Waals surface area contributed by atoms with Gasteiger partial charge in [-0.25, -0.2) is 0 Å². The first-order valence-corrected chi connectivity index (χ1v) is 9.91. The average Bonchev–Trinajstić information content (AvgIpc) is 2.97. The summed E-state index contributed by atoms with van der Waals surface area (Å²) in [5.74, 6) is -0.0344. The van der Waals surface area contributed by atoms with E-state index in [1.54, 1.807) is 18.2 Å². The number of rotatable bonds is 7. The SMILES string of the molecule is O=C1CCC(N2Cc3c(NC(=O)CCSCCO)cccc3C2=O)C(=O)N1. The van der Waals surface area contributed by atoms with Crippen LogP contribution in [0.1, 0.15) is 35.2 Å². The van der Waals surface area contributed by atoms with Gasteiger partial charge in [-0.05, 0) is 18.6 Å². The molecule has 1 aromatic rings. The number of anilines is 1. The molecule has 3 rings (SSSR count). The second-order valence-corrected chi connectivity index (χ2v) is 7.59. The number of benzene rings is 1. The van der Waals surface area contributed by atoms with Gasteiger partial charge in [-0.2, -0.15) is 11.8 Å². The molecule has 144 valence electrons. The van der Waals surface area contributed by atoms with Crippen LogP contribution < -0.4 is 10.6 Å². The summed E-state index contributed by atoms with van der Waals surface area (Å²) in [6.07, 6.45) is 0.805. The number of fused-ring (bicyclic) bond motifs is 1. The molecule has 0 aliphatic carbocycles. The minimum absolute atomic E-state index is 0.0801. The van der Waals surface area contributed by atoms with Gasteiger partial charge in [-0.15, -0.1) is 0 Å². The Kier molecular flexibility index (Phi) is 6.12. The quantitative estimate of drug-likeness (QED) is 0.461. The second-order valence-electron chi connectivity index (χ2n) is 6.37. The van der Waals surface area contributed by atoms with Gasteiger partial charge < -0.3 is 15.3 Å². The molecule has 0 saturated carbocycles. The van der Waals surface area contributed by atoms with Crippen molar-refractivity contribution in [2.75, 3.05) is 23.4 Å². The Bertz CT molecular complexity index is 782. The van der Waals surface area contributed by atoms with Crippen LogP contribution in [0.4, 0.5) is 5.69 Å². The number of piperidine rings is 1. The maximum absolute atomic E-state index is 12.7. The fourth-order valence-electron chi connectivity index (χ4n) is 3.25. The Hall–Kier alpha value is -2.39. The summed E-state index contributed by atoms with van der Waals surface area (Å²) in [4.78, 5) is 49.8. The van der Waals surface area contributed by atoms with E-state index in [4.69, 9.17) is 5.11 Å². The van der Waals surface area contributed by atoms with Crippen molar-refractivity contribution in [2.45, 2.75) is 31.8 Å². The highest BCUT2D eigenvalue weighted by Gasteiger charge is 2.39. The van der Waals surface area contributed by atoms with Crippen molar-refractivity contribution in [1.29, 1.82) is 0 Å². The van der Waals surface area contributed by atoms with Crippen LogP contribution in [-0.2, 0) is 20.9 Å². The molecule has 0 bridgehead atoms. The summed E-state index contributed by atoms with van der Waals surface area (Å²) >= 11 is 1.49. The number of hydrogen-bond donors (Lipinski definition) is 3. The molecule has 1 atom stereocenters. The molecule has 8 nitrogen and oxygen atoms in total. The van der Waals surface area contributed by atoms with E-state index in [0.29, 0.717) is 41.2 Å². The lowest BCUT2D eigenvalue weighted by Gasteiger charge is -2.29. The van der Waals surface area contributed by atoms with E-state index in [2.05, 4.69) is 10.6 Å². The van der Waals surface area contributed by atoms with Crippen LogP contribution >= 0.6 is 11.8 Å². The molecule has 1 aromatic carbocycles. The number of nitrogens with zero attached hydrogens (tertiary/aromatic N) is 1. The fourth-order valence-corrected chi connectivity index (χ4v) is 3.91. The molecule has 1 unspecified atom stereocenters. The topological polar surface area (TPSA) is 116 Å². The first kappa shape index (κ1) is 19.4. The number of amides is 4. The molecule has 9 heteroatoms. The van der Waals surface area contributed by atoms with Crippen molar-refractivity contribution in [3.05, 3.63) is 29.3 Å². The monoisotopic (exact) mass is 391 g/mol. The average molecular weight is 391 g/mol. The Labute approximate surface area is 160 Å². The molecule has 0 radical (unpaired) electrons. The Balaban J connectivity index is 1.69. The molecule has 2 aliphatic heterocycles. The molecule has 0 spiro atoms. The zero-order chi connectivity index (χ0) is 19.4. The maximum Gasteiger partial charge on any atom is 0.255 e. The van der Waals surface area contributed by atoms with Crippen LogP contribution in [0.3, 0.4) is 0 Å². The van der Waals surface area contributed by atoms with Crippen LogP contribution in [0.15, 0.2) is 18.2 Å². The molecule has 3 N–H and O–H groups in total. The van der Waals surface area contributed by atoms with E-state index in [-0.39, 0.29) is 37.3 Å². The highest BCUT2D eigenvalue weighted by molar-refractivity contribution is 7.99. The smallest absolute Gasteiger partial charge is 0.255 e. The summed E-state index contributed by atoms with van der Waals surface area (Å²) in [5.41, 5.74) is 1.71. The van der Waals surface area contributed by atoms with Gasteiger partial charge in [0.1, 0.15) is 6.04 Å². The van der Waals surface area contributed by atoms with E-state index < -0.39 is 11.9 Å². The largest absolute Gasteiger partial charge is 0.396 e. The highest BCUT2D eigenvalue weighted by atomic mass is 32.2. The van der Waals surface area contributed by atoms with Gasteiger partial charge in [-0.3, -0.25) is 24.5 Å². The van der Waals surface area contributed by atoms with E-state index in [0.717, 1.165) is 0 Å². The van der Waals surface area contributed by atoms with Gasteiger partial charge in [0, 0.05) is 47.7 Å². The van der Waals surface area contributed by atoms with E-state index in [1.165, 1.54) is 16.7 Å². The lowest BCUT2D eigenvalue weighted by molar-refractivity contribution is -0.137. The Morgan fingerprint density at radius 3 is 2.85 bits per heavy atom. The molecular weight excluding hydrogens is 370 g/mol. The molecule has 2 heterocycles. The Morgan fingerprint density at radius 2 is 2.11 bits per heavy atom.